The molecule has 0 aliphatic carbocycles. The van der Waals surface area contributed by atoms with E-state index in [0.29, 0.717) is 5.92 Å². The Morgan fingerprint density at radius 3 is 1.67 bits per heavy atom. The first-order valence-corrected chi connectivity index (χ1v) is 2.55. The van der Waals surface area contributed by atoms with Crippen LogP contribution in [-0.4, -0.2) is 5.38 Å². The summed E-state index contributed by atoms with van der Waals surface area (Å²) in [6.07, 6.45) is 0. The molecule has 1 radical (unpaired) electrons. The zero-order valence-electron chi connectivity index (χ0n) is 4.24. The highest BCUT2D eigenvalue weighted by Crippen LogP contribution is 2.05. The van der Waals surface area contributed by atoms with Gasteiger partial charge in [0.1, 0.15) is 0 Å². The van der Waals surface area contributed by atoms with Crippen molar-refractivity contribution in [2.45, 2.75) is 19.2 Å². The number of hydrogen-bond acceptors (Lipinski definition) is 0. The van der Waals surface area contributed by atoms with Gasteiger partial charge in [0.05, 0.1) is 0 Å². The molecular weight excluding hydrogens is 95.5 g/mol. The van der Waals surface area contributed by atoms with Gasteiger partial charge >= 0.3 is 0 Å². The molecule has 0 aromatic carbocycles. The summed E-state index contributed by atoms with van der Waals surface area (Å²) in [5.74, 6) is 0.367. The van der Waals surface area contributed by atoms with Crippen molar-refractivity contribution in [1.29, 1.82) is 0 Å². The summed E-state index contributed by atoms with van der Waals surface area (Å²) in [5, 5.41) is 0.213. The Morgan fingerprint density at radius 2 is 1.67 bits per heavy atom. The van der Waals surface area contributed by atoms with E-state index in [0.717, 1.165) is 0 Å². The van der Waals surface area contributed by atoms with Gasteiger partial charge in [0, 0.05) is 5.38 Å². The first kappa shape index (κ1) is 6.29. The van der Waals surface area contributed by atoms with Gasteiger partial charge in [0.2, 0.25) is 0 Å². The normalized spacial score (nSPS) is 15.5. The highest BCUT2D eigenvalue weighted by molar-refractivity contribution is 6.20. The smallest absolute Gasteiger partial charge is 0.0333 e. The fourth-order valence-electron chi connectivity index (χ4n) is 0. The van der Waals surface area contributed by atoms with Crippen LogP contribution in [0.5, 0.6) is 0 Å². The molecular formula is C5H10Cl. The molecule has 0 saturated carbocycles. The van der Waals surface area contributed by atoms with Crippen LogP contribution in [0.3, 0.4) is 0 Å². The lowest BCUT2D eigenvalue weighted by Crippen LogP contribution is -2.00. The van der Waals surface area contributed by atoms with Crippen LogP contribution in [0.4, 0.5) is 0 Å². The minimum Gasteiger partial charge on any atom is -0.123 e. The largest absolute Gasteiger partial charge is 0.123 e. The topological polar surface area (TPSA) is 0 Å². The van der Waals surface area contributed by atoms with Crippen LogP contribution in [-0.2, 0) is 0 Å². The van der Waals surface area contributed by atoms with Gasteiger partial charge in [-0.15, -0.1) is 11.6 Å². The van der Waals surface area contributed by atoms with Gasteiger partial charge in [-0.05, 0) is 19.8 Å². The third-order valence-electron chi connectivity index (χ3n) is 0.784. The Morgan fingerprint density at radius 1 is 1.50 bits per heavy atom. The van der Waals surface area contributed by atoms with E-state index in [9.17, 15) is 0 Å². The number of halogens is 1. The molecule has 0 fully saturated rings. The Labute approximate surface area is 44.5 Å². The summed E-state index contributed by atoms with van der Waals surface area (Å²) >= 11 is 5.55. The number of hydrogen-bond donors (Lipinski definition) is 0. The average molecular weight is 106 g/mol. The molecule has 0 rings (SSSR count). The van der Waals surface area contributed by atoms with E-state index >= 15 is 0 Å². The molecule has 0 bridgehead atoms. The van der Waals surface area contributed by atoms with Crippen molar-refractivity contribution in [2.75, 3.05) is 0 Å². The molecule has 6 heavy (non-hydrogen) atoms. The van der Waals surface area contributed by atoms with Crippen molar-refractivity contribution < 1.29 is 0 Å². The molecule has 0 nitrogen and oxygen atoms in total. The highest BCUT2D eigenvalue weighted by Gasteiger charge is 1.98. The predicted molar refractivity (Wildman–Crippen MR) is 29.8 cm³/mol. The zero-order chi connectivity index (χ0) is 5.15. The van der Waals surface area contributed by atoms with Crippen molar-refractivity contribution >= 4 is 11.6 Å². The van der Waals surface area contributed by atoms with E-state index in [1.54, 1.807) is 0 Å². The molecule has 0 spiro atoms. The first-order chi connectivity index (χ1) is 2.64. The second kappa shape index (κ2) is 2.46. The number of rotatable bonds is 1. The maximum Gasteiger partial charge on any atom is 0.0333 e. The molecule has 37 valence electrons. The van der Waals surface area contributed by atoms with Gasteiger partial charge in [0.15, 0.2) is 0 Å². The molecule has 0 amide bonds. The van der Waals surface area contributed by atoms with E-state index in [2.05, 4.69) is 6.92 Å². The van der Waals surface area contributed by atoms with Crippen molar-refractivity contribution in [2.24, 2.45) is 5.92 Å². The molecule has 0 aromatic heterocycles. The summed E-state index contributed by atoms with van der Waals surface area (Å²) in [6.45, 7) is 7.65. The third-order valence-corrected chi connectivity index (χ3v) is 1.21. The summed E-state index contributed by atoms with van der Waals surface area (Å²) in [6, 6.07) is 0. The zero-order valence-corrected chi connectivity index (χ0v) is 5.00. The van der Waals surface area contributed by atoms with Crippen LogP contribution in [0.1, 0.15) is 13.8 Å². The summed E-state index contributed by atoms with van der Waals surface area (Å²) in [7, 11) is 0. The molecule has 2 atom stereocenters. The first-order valence-electron chi connectivity index (χ1n) is 2.11. The third kappa shape index (κ3) is 2.52. The predicted octanol–water partition coefficient (Wildman–Crippen LogP) is 2.08. The minimum atomic E-state index is 0.213. The maximum atomic E-state index is 5.55. The van der Waals surface area contributed by atoms with Gasteiger partial charge in [-0.25, -0.2) is 0 Å². The summed E-state index contributed by atoms with van der Waals surface area (Å²) in [4.78, 5) is 0. The molecule has 1 heteroatoms. The van der Waals surface area contributed by atoms with Crippen LogP contribution < -0.4 is 0 Å². The Hall–Kier alpha value is 0.290. The van der Waals surface area contributed by atoms with Crippen LogP contribution in [0.2, 0.25) is 0 Å². The second-order valence-corrected chi connectivity index (χ2v) is 2.34. The van der Waals surface area contributed by atoms with E-state index in [-0.39, 0.29) is 5.38 Å². The van der Waals surface area contributed by atoms with Crippen molar-refractivity contribution in [3.63, 3.8) is 0 Å². The van der Waals surface area contributed by atoms with Gasteiger partial charge in [-0.2, -0.15) is 0 Å². The fraction of sp³-hybridized carbons (Fsp3) is 0.800. The molecule has 0 aliphatic heterocycles. The van der Waals surface area contributed by atoms with Crippen LogP contribution >= 0.6 is 11.6 Å². The van der Waals surface area contributed by atoms with Crippen LogP contribution in [0.25, 0.3) is 0 Å². The molecule has 0 aromatic rings. The summed E-state index contributed by atoms with van der Waals surface area (Å²) < 4.78 is 0. The summed E-state index contributed by atoms with van der Waals surface area (Å²) in [5.41, 5.74) is 0. The van der Waals surface area contributed by atoms with Gasteiger partial charge < -0.3 is 0 Å². The minimum absolute atomic E-state index is 0.213. The van der Waals surface area contributed by atoms with Gasteiger partial charge in [-0.1, -0.05) is 6.92 Å². The van der Waals surface area contributed by atoms with E-state index < -0.39 is 0 Å². The van der Waals surface area contributed by atoms with Crippen molar-refractivity contribution in [1.82, 2.24) is 0 Å². The molecule has 2 unspecified atom stereocenters. The Bertz CT molecular complexity index is 24.9. The fourth-order valence-corrected chi connectivity index (χ4v) is 0. The highest BCUT2D eigenvalue weighted by atomic mass is 35.5. The standard InChI is InChI=1S/C5H10Cl/c1-4(2)5(3)6/h4-5H,1H2,2-3H3. The monoisotopic (exact) mass is 105 g/mol. The second-order valence-electron chi connectivity index (χ2n) is 1.65. The molecule has 0 saturated heterocycles. The van der Waals surface area contributed by atoms with E-state index in [1.807, 2.05) is 13.8 Å². The van der Waals surface area contributed by atoms with Gasteiger partial charge in [-0.3, -0.25) is 0 Å². The van der Waals surface area contributed by atoms with Crippen molar-refractivity contribution in [3.05, 3.63) is 6.92 Å². The SMILES string of the molecule is [CH2]C(C)C(C)Cl. The van der Waals surface area contributed by atoms with Crippen molar-refractivity contribution in [3.8, 4) is 0 Å². The molecule has 0 heterocycles. The Balaban J connectivity index is 2.99. The maximum absolute atomic E-state index is 5.55. The average Bonchev–Trinajstić information content (AvgIpc) is 1.36. The Kier molecular flexibility index (Phi) is 2.58. The lowest BCUT2D eigenvalue weighted by molar-refractivity contribution is 0.703. The molecule has 0 aliphatic rings. The quantitative estimate of drug-likeness (QED) is 0.448. The van der Waals surface area contributed by atoms with Crippen LogP contribution in [0.15, 0.2) is 0 Å². The number of alkyl halides is 1. The molecule has 0 N–H and O–H groups in total. The van der Waals surface area contributed by atoms with Crippen LogP contribution in [0, 0.1) is 12.8 Å². The van der Waals surface area contributed by atoms with E-state index in [1.165, 1.54) is 0 Å². The van der Waals surface area contributed by atoms with E-state index in [4.69, 9.17) is 11.6 Å². The van der Waals surface area contributed by atoms with Gasteiger partial charge in [0.25, 0.3) is 0 Å². The lowest BCUT2D eigenvalue weighted by Gasteiger charge is -2.02. The lowest BCUT2D eigenvalue weighted by atomic mass is 10.2.